The largest absolute Gasteiger partial charge is 0.477 e. The molecule has 9 heteroatoms. The number of carbonyl (C=O) groups is 2. The van der Waals surface area contributed by atoms with Gasteiger partial charge in [0.05, 0.1) is 17.9 Å². The first-order valence-corrected chi connectivity index (χ1v) is 7.22. The van der Waals surface area contributed by atoms with E-state index in [2.05, 4.69) is 15.3 Å². The molecule has 0 saturated heterocycles. The fraction of sp³-hybridized carbons (Fsp3) is 0.273. The van der Waals surface area contributed by atoms with Crippen molar-refractivity contribution in [3.05, 3.63) is 26.1 Å². The van der Waals surface area contributed by atoms with Gasteiger partial charge in [0.25, 0.3) is 5.91 Å². The van der Waals surface area contributed by atoms with Crippen LogP contribution in [0.2, 0.25) is 0 Å². The summed E-state index contributed by atoms with van der Waals surface area (Å²) in [5, 5.41) is 12.5. The van der Waals surface area contributed by atoms with Crippen molar-refractivity contribution in [1.82, 2.24) is 15.3 Å². The van der Waals surface area contributed by atoms with Crippen molar-refractivity contribution in [3.63, 3.8) is 0 Å². The molecule has 0 aromatic carbocycles. The summed E-state index contributed by atoms with van der Waals surface area (Å²) in [5.74, 6) is -1.30. The number of nitrogens with two attached hydrogens (primary N) is 1. The number of nitrogen functional groups attached to an aromatic ring is 1. The van der Waals surface area contributed by atoms with Gasteiger partial charge < -0.3 is 16.2 Å². The molecule has 2 heterocycles. The maximum Gasteiger partial charge on any atom is 0.347 e. The van der Waals surface area contributed by atoms with Crippen LogP contribution in [-0.2, 0) is 6.54 Å². The Morgan fingerprint density at radius 3 is 2.35 bits per heavy atom. The molecule has 0 aliphatic carbocycles. The molecular formula is C11H12N4O3S2. The highest BCUT2D eigenvalue weighted by Crippen LogP contribution is 2.20. The molecule has 2 aromatic rings. The molecule has 106 valence electrons. The van der Waals surface area contributed by atoms with Crippen LogP contribution < -0.4 is 11.1 Å². The van der Waals surface area contributed by atoms with Gasteiger partial charge in [-0.2, -0.15) is 0 Å². The lowest BCUT2D eigenvalue weighted by molar-refractivity contribution is 0.0701. The first kappa shape index (κ1) is 14.4. The normalized spacial score (nSPS) is 10.5. The standard InChI is InChI=1S/C11H12N4O3S2/c1-4-7(20-11(12)15-4)9(16)13-3-6-14-5(2)8(19-6)10(17)18/h3H2,1-2H3,(H2,12,15)(H,13,16)(H,17,18). The highest BCUT2D eigenvalue weighted by Gasteiger charge is 2.17. The van der Waals surface area contributed by atoms with Crippen LogP contribution in [0.25, 0.3) is 0 Å². The molecule has 0 atom stereocenters. The number of aryl methyl sites for hydroxylation is 2. The Kier molecular flexibility index (Phi) is 4.00. The summed E-state index contributed by atoms with van der Waals surface area (Å²) in [5.41, 5.74) is 6.56. The number of carboxylic acid groups (broad SMARTS) is 1. The maximum atomic E-state index is 11.9. The van der Waals surface area contributed by atoms with Crippen molar-refractivity contribution in [1.29, 1.82) is 0 Å². The Morgan fingerprint density at radius 1 is 1.20 bits per heavy atom. The summed E-state index contributed by atoms with van der Waals surface area (Å²) >= 11 is 2.17. The van der Waals surface area contributed by atoms with E-state index < -0.39 is 5.97 Å². The second kappa shape index (κ2) is 5.55. The number of nitrogens with zero attached hydrogens (tertiary/aromatic N) is 2. The van der Waals surface area contributed by atoms with E-state index in [-0.39, 0.29) is 17.3 Å². The Hall–Kier alpha value is -2.00. The quantitative estimate of drug-likeness (QED) is 0.786. The number of aromatic nitrogens is 2. The van der Waals surface area contributed by atoms with E-state index >= 15 is 0 Å². The van der Waals surface area contributed by atoms with Crippen molar-refractivity contribution < 1.29 is 14.7 Å². The lowest BCUT2D eigenvalue weighted by atomic mass is 10.4. The van der Waals surface area contributed by atoms with Gasteiger partial charge >= 0.3 is 5.97 Å². The number of aromatic carboxylic acids is 1. The minimum absolute atomic E-state index is 0.175. The smallest absolute Gasteiger partial charge is 0.347 e. The van der Waals surface area contributed by atoms with Crippen LogP contribution in [0.15, 0.2) is 0 Å². The van der Waals surface area contributed by atoms with E-state index in [1.807, 2.05) is 0 Å². The fourth-order valence-corrected chi connectivity index (χ4v) is 3.18. The summed E-state index contributed by atoms with van der Waals surface area (Å²) in [6, 6.07) is 0. The van der Waals surface area contributed by atoms with Crippen molar-refractivity contribution >= 4 is 39.7 Å². The Balaban J connectivity index is 2.05. The summed E-state index contributed by atoms with van der Waals surface area (Å²) < 4.78 is 0. The number of hydrogen-bond donors (Lipinski definition) is 3. The molecule has 0 radical (unpaired) electrons. The number of carboxylic acids is 1. The van der Waals surface area contributed by atoms with Crippen molar-refractivity contribution in [3.8, 4) is 0 Å². The topological polar surface area (TPSA) is 118 Å². The molecule has 1 amide bonds. The lowest BCUT2D eigenvalue weighted by Crippen LogP contribution is -2.22. The molecule has 0 spiro atoms. The van der Waals surface area contributed by atoms with Gasteiger partial charge in [-0.05, 0) is 13.8 Å². The van der Waals surface area contributed by atoms with E-state index in [1.54, 1.807) is 13.8 Å². The number of thiazole rings is 2. The minimum atomic E-state index is -1.01. The first-order valence-electron chi connectivity index (χ1n) is 5.59. The van der Waals surface area contributed by atoms with Crippen LogP contribution in [0.5, 0.6) is 0 Å². The van der Waals surface area contributed by atoms with Crippen LogP contribution in [0.4, 0.5) is 5.13 Å². The Labute approximate surface area is 122 Å². The highest BCUT2D eigenvalue weighted by atomic mass is 32.1. The number of carbonyl (C=O) groups excluding carboxylic acids is 1. The van der Waals surface area contributed by atoms with Gasteiger partial charge in [0.15, 0.2) is 5.13 Å². The summed E-state index contributed by atoms with van der Waals surface area (Å²) in [7, 11) is 0. The zero-order valence-corrected chi connectivity index (χ0v) is 12.4. The number of hydrogen-bond acceptors (Lipinski definition) is 7. The molecule has 0 fully saturated rings. The number of amides is 1. The monoisotopic (exact) mass is 312 g/mol. The molecule has 2 aromatic heterocycles. The Morgan fingerprint density at radius 2 is 1.85 bits per heavy atom. The van der Waals surface area contributed by atoms with Gasteiger partial charge in [0.1, 0.15) is 14.8 Å². The summed E-state index contributed by atoms with van der Waals surface area (Å²) in [6.07, 6.45) is 0. The van der Waals surface area contributed by atoms with Crippen LogP contribution in [0, 0.1) is 13.8 Å². The van der Waals surface area contributed by atoms with Crippen molar-refractivity contribution in [2.45, 2.75) is 20.4 Å². The van der Waals surface area contributed by atoms with Gasteiger partial charge in [-0.3, -0.25) is 4.79 Å². The zero-order valence-electron chi connectivity index (χ0n) is 10.8. The van der Waals surface area contributed by atoms with Gasteiger partial charge in [-0.25, -0.2) is 14.8 Å². The van der Waals surface area contributed by atoms with Gasteiger partial charge in [0.2, 0.25) is 0 Å². The molecule has 0 bridgehead atoms. The summed E-state index contributed by atoms with van der Waals surface area (Å²) in [6.45, 7) is 3.51. The molecule has 7 nitrogen and oxygen atoms in total. The van der Waals surface area contributed by atoms with Gasteiger partial charge in [-0.1, -0.05) is 11.3 Å². The molecule has 4 N–H and O–H groups in total. The second-order valence-corrected chi connectivity index (χ2v) is 6.09. The van der Waals surface area contributed by atoms with Crippen LogP contribution in [0.1, 0.15) is 35.7 Å². The second-order valence-electron chi connectivity index (χ2n) is 3.98. The molecule has 20 heavy (non-hydrogen) atoms. The van der Waals surface area contributed by atoms with Crippen LogP contribution in [0.3, 0.4) is 0 Å². The van der Waals surface area contributed by atoms with Crippen molar-refractivity contribution in [2.75, 3.05) is 5.73 Å². The van der Waals surface area contributed by atoms with Crippen molar-refractivity contribution in [2.24, 2.45) is 0 Å². The number of rotatable bonds is 4. The van der Waals surface area contributed by atoms with Crippen LogP contribution >= 0.6 is 22.7 Å². The van der Waals surface area contributed by atoms with Gasteiger partial charge in [-0.15, -0.1) is 11.3 Å². The molecule has 2 rings (SSSR count). The first-order chi connectivity index (χ1) is 9.38. The average molecular weight is 312 g/mol. The minimum Gasteiger partial charge on any atom is -0.477 e. The average Bonchev–Trinajstić information content (AvgIpc) is 2.89. The SMILES string of the molecule is Cc1nc(CNC(=O)c2sc(N)nc2C)sc1C(=O)O. The Bertz CT molecular complexity index is 677. The summed E-state index contributed by atoms with van der Waals surface area (Å²) in [4.78, 5) is 31.6. The predicted molar refractivity (Wildman–Crippen MR) is 76.2 cm³/mol. The maximum absolute atomic E-state index is 11.9. The van der Waals surface area contributed by atoms with Crippen LogP contribution in [-0.4, -0.2) is 27.0 Å². The third kappa shape index (κ3) is 2.94. The van der Waals surface area contributed by atoms with E-state index in [0.29, 0.717) is 26.4 Å². The number of anilines is 1. The third-order valence-electron chi connectivity index (χ3n) is 2.45. The van der Waals surface area contributed by atoms with Gasteiger partial charge in [0, 0.05) is 0 Å². The van der Waals surface area contributed by atoms with E-state index in [0.717, 1.165) is 22.7 Å². The molecule has 0 aliphatic heterocycles. The molecule has 0 aliphatic rings. The molecule has 0 saturated carbocycles. The third-order valence-corrected chi connectivity index (χ3v) is 4.59. The number of nitrogens with one attached hydrogen (secondary N) is 1. The predicted octanol–water partition coefficient (Wildman–Crippen LogP) is 1.43. The van der Waals surface area contributed by atoms with E-state index in [4.69, 9.17) is 10.8 Å². The highest BCUT2D eigenvalue weighted by molar-refractivity contribution is 7.17. The molecule has 0 unspecified atom stereocenters. The van der Waals surface area contributed by atoms with E-state index in [9.17, 15) is 9.59 Å². The lowest BCUT2D eigenvalue weighted by Gasteiger charge is -2.00. The molecular weight excluding hydrogens is 300 g/mol. The zero-order chi connectivity index (χ0) is 14.9. The fourth-order valence-electron chi connectivity index (χ4n) is 1.59. The van der Waals surface area contributed by atoms with E-state index in [1.165, 1.54) is 0 Å².